The number of nitrogens with one attached hydrogen (secondary N) is 2. The standard InChI is InChI=1S/C22H25ClN4O2/c1-3-4-11-27(14-21(28)24-16-10-9-15(2)18(23)12-16)13-20-25-19-8-6-5-7-17(19)22(29)26-20/h5-10,12H,3-4,11,13-14H2,1-2H3,(H,24,28)(H,25,26,29). The third-order valence-electron chi connectivity index (χ3n) is 4.69. The summed E-state index contributed by atoms with van der Waals surface area (Å²) in [6, 6.07) is 12.7. The molecule has 0 bridgehead atoms. The van der Waals surface area contributed by atoms with Crippen LogP contribution in [0.15, 0.2) is 47.3 Å². The summed E-state index contributed by atoms with van der Waals surface area (Å²) in [5, 5.41) is 4.06. The highest BCUT2D eigenvalue weighted by atomic mass is 35.5. The first kappa shape index (κ1) is 21.0. The molecule has 6 nitrogen and oxygen atoms in total. The molecule has 0 saturated carbocycles. The zero-order chi connectivity index (χ0) is 20.8. The van der Waals surface area contributed by atoms with Gasteiger partial charge in [-0.1, -0.05) is 43.1 Å². The van der Waals surface area contributed by atoms with Crippen molar-refractivity contribution in [3.63, 3.8) is 0 Å². The van der Waals surface area contributed by atoms with Crippen LogP contribution in [-0.4, -0.2) is 33.9 Å². The van der Waals surface area contributed by atoms with E-state index in [4.69, 9.17) is 11.6 Å². The molecule has 3 rings (SSSR count). The highest BCUT2D eigenvalue weighted by Crippen LogP contribution is 2.20. The topological polar surface area (TPSA) is 78.1 Å². The van der Waals surface area contributed by atoms with Gasteiger partial charge in [0.05, 0.1) is 24.0 Å². The molecule has 2 N–H and O–H groups in total. The van der Waals surface area contributed by atoms with Gasteiger partial charge >= 0.3 is 0 Å². The molecule has 0 atom stereocenters. The van der Waals surface area contributed by atoms with Crippen LogP contribution in [0.5, 0.6) is 0 Å². The molecular weight excluding hydrogens is 388 g/mol. The van der Waals surface area contributed by atoms with Crippen LogP contribution < -0.4 is 10.9 Å². The minimum absolute atomic E-state index is 0.135. The molecule has 0 spiro atoms. The van der Waals surface area contributed by atoms with E-state index in [-0.39, 0.29) is 18.0 Å². The van der Waals surface area contributed by atoms with Crippen molar-refractivity contribution in [2.45, 2.75) is 33.2 Å². The first-order chi connectivity index (χ1) is 14.0. The van der Waals surface area contributed by atoms with Gasteiger partial charge in [-0.3, -0.25) is 14.5 Å². The first-order valence-corrected chi connectivity index (χ1v) is 10.1. The normalized spacial score (nSPS) is 11.2. The molecule has 29 heavy (non-hydrogen) atoms. The number of nitrogens with zero attached hydrogens (tertiary/aromatic N) is 2. The SMILES string of the molecule is CCCCN(CC(=O)Nc1ccc(C)c(Cl)c1)Cc1nc2ccccc2c(=O)[nH]1. The number of aryl methyl sites for hydroxylation is 1. The third kappa shape index (κ3) is 5.65. The summed E-state index contributed by atoms with van der Waals surface area (Å²) in [6.07, 6.45) is 1.95. The largest absolute Gasteiger partial charge is 0.325 e. The Kier molecular flexibility index (Phi) is 7.01. The number of aromatic nitrogens is 2. The van der Waals surface area contributed by atoms with Gasteiger partial charge in [0.25, 0.3) is 5.56 Å². The average molecular weight is 413 g/mol. The van der Waals surface area contributed by atoms with Gasteiger partial charge in [-0.05, 0) is 49.7 Å². The molecular formula is C22H25ClN4O2. The van der Waals surface area contributed by atoms with Crippen LogP contribution in [0.1, 0.15) is 31.2 Å². The van der Waals surface area contributed by atoms with Gasteiger partial charge < -0.3 is 10.3 Å². The molecule has 0 fully saturated rings. The van der Waals surface area contributed by atoms with Crippen molar-refractivity contribution in [1.82, 2.24) is 14.9 Å². The molecule has 152 valence electrons. The molecule has 2 aromatic carbocycles. The number of para-hydroxylation sites is 1. The summed E-state index contributed by atoms with van der Waals surface area (Å²) in [6.45, 7) is 5.33. The zero-order valence-corrected chi connectivity index (χ0v) is 17.4. The van der Waals surface area contributed by atoms with E-state index in [0.717, 1.165) is 24.9 Å². The maximum Gasteiger partial charge on any atom is 0.258 e. The average Bonchev–Trinajstić information content (AvgIpc) is 2.69. The zero-order valence-electron chi connectivity index (χ0n) is 16.7. The molecule has 0 radical (unpaired) electrons. The molecule has 7 heteroatoms. The molecule has 0 aliphatic heterocycles. The van der Waals surface area contributed by atoms with E-state index >= 15 is 0 Å². The lowest BCUT2D eigenvalue weighted by atomic mass is 10.2. The fourth-order valence-electron chi connectivity index (χ4n) is 3.09. The number of carbonyl (C=O) groups excluding carboxylic acids is 1. The van der Waals surface area contributed by atoms with Gasteiger partial charge in [-0.25, -0.2) is 4.98 Å². The number of rotatable bonds is 8. The van der Waals surface area contributed by atoms with Crippen LogP contribution in [-0.2, 0) is 11.3 Å². The molecule has 1 amide bonds. The quantitative estimate of drug-likeness (QED) is 0.583. The monoisotopic (exact) mass is 412 g/mol. The number of halogens is 1. The highest BCUT2D eigenvalue weighted by Gasteiger charge is 2.14. The number of hydrogen-bond acceptors (Lipinski definition) is 4. The second-order valence-electron chi connectivity index (χ2n) is 7.11. The fourth-order valence-corrected chi connectivity index (χ4v) is 3.27. The Morgan fingerprint density at radius 1 is 1.24 bits per heavy atom. The molecule has 0 aliphatic carbocycles. The van der Waals surface area contributed by atoms with Crippen LogP contribution in [0.3, 0.4) is 0 Å². The van der Waals surface area contributed by atoms with E-state index in [1.54, 1.807) is 12.1 Å². The Morgan fingerprint density at radius 3 is 2.79 bits per heavy atom. The van der Waals surface area contributed by atoms with Crippen molar-refractivity contribution in [2.24, 2.45) is 0 Å². The maximum atomic E-state index is 12.6. The maximum absolute atomic E-state index is 12.6. The van der Waals surface area contributed by atoms with E-state index in [2.05, 4.69) is 22.2 Å². The smallest absolute Gasteiger partial charge is 0.258 e. The summed E-state index contributed by atoms with van der Waals surface area (Å²) < 4.78 is 0. The second kappa shape index (κ2) is 9.67. The minimum atomic E-state index is -0.167. The first-order valence-electron chi connectivity index (χ1n) is 9.72. The van der Waals surface area contributed by atoms with Gasteiger partial charge in [-0.15, -0.1) is 0 Å². The van der Waals surface area contributed by atoms with Crippen molar-refractivity contribution in [2.75, 3.05) is 18.4 Å². The Bertz CT molecular complexity index is 1060. The number of unbranched alkanes of at least 4 members (excludes halogenated alkanes) is 1. The predicted octanol–water partition coefficient (Wildman–Crippen LogP) is 4.13. The number of amides is 1. The van der Waals surface area contributed by atoms with E-state index in [1.807, 2.05) is 42.2 Å². The van der Waals surface area contributed by atoms with Crippen molar-refractivity contribution in [3.05, 3.63) is 69.2 Å². The van der Waals surface area contributed by atoms with Crippen LogP contribution in [0.2, 0.25) is 5.02 Å². The van der Waals surface area contributed by atoms with Gasteiger partial charge in [0.15, 0.2) is 0 Å². The Labute approximate surface area is 174 Å². The number of carbonyl (C=O) groups is 1. The lowest BCUT2D eigenvalue weighted by molar-refractivity contribution is -0.117. The number of fused-ring (bicyclic) bond motifs is 1. The summed E-state index contributed by atoms with van der Waals surface area (Å²) in [5.41, 5.74) is 2.11. The lowest BCUT2D eigenvalue weighted by Gasteiger charge is -2.21. The van der Waals surface area contributed by atoms with Gasteiger partial charge in [0.2, 0.25) is 5.91 Å². The number of benzene rings is 2. The Hall–Kier alpha value is -2.70. The van der Waals surface area contributed by atoms with E-state index in [9.17, 15) is 9.59 Å². The second-order valence-corrected chi connectivity index (χ2v) is 7.51. The lowest BCUT2D eigenvalue weighted by Crippen LogP contribution is -2.34. The van der Waals surface area contributed by atoms with Crippen LogP contribution in [0, 0.1) is 6.92 Å². The minimum Gasteiger partial charge on any atom is -0.325 e. The van der Waals surface area contributed by atoms with Crippen molar-refractivity contribution in [1.29, 1.82) is 0 Å². The summed E-state index contributed by atoms with van der Waals surface area (Å²) >= 11 is 6.14. The fraction of sp³-hybridized carbons (Fsp3) is 0.318. The van der Waals surface area contributed by atoms with Gasteiger partial charge in [0, 0.05) is 10.7 Å². The van der Waals surface area contributed by atoms with Crippen LogP contribution in [0.4, 0.5) is 5.69 Å². The molecule has 3 aromatic rings. The van der Waals surface area contributed by atoms with E-state index in [1.165, 1.54) is 0 Å². The molecule has 0 unspecified atom stereocenters. The van der Waals surface area contributed by atoms with E-state index < -0.39 is 0 Å². The summed E-state index contributed by atoms with van der Waals surface area (Å²) in [4.78, 5) is 34.2. The van der Waals surface area contributed by atoms with Crippen LogP contribution >= 0.6 is 11.6 Å². The van der Waals surface area contributed by atoms with Crippen LogP contribution in [0.25, 0.3) is 10.9 Å². The molecule has 0 aliphatic rings. The molecule has 1 heterocycles. The van der Waals surface area contributed by atoms with Crippen molar-refractivity contribution in [3.8, 4) is 0 Å². The van der Waals surface area contributed by atoms with E-state index in [0.29, 0.717) is 34.0 Å². The Morgan fingerprint density at radius 2 is 2.03 bits per heavy atom. The van der Waals surface area contributed by atoms with Crippen molar-refractivity contribution < 1.29 is 4.79 Å². The molecule has 0 saturated heterocycles. The van der Waals surface area contributed by atoms with Crippen molar-refractivity contribution >= 4 is 34.1 Å². The number of H-pyrrole nitrogens is 1. The summed E-state index contributed by atoms with van der Waals surface area (Å²) in [7, 11) is 0. The number of hydrogen-bond donors (Lipinski definition) is 2. The van der Waals surface area contributed by atoms with Gasteiger partial charge in [0.1, 0.15) is 5.82 Å². The summed E-state index contributed by atoms with van der Waals surface area (Å²) in [5.74, 6) is 0.417. The van der Waals surface area contributed by atoms with Gasteiger partial charge in [-0.2, -0.15) is 0 Å². The number of anilines is 1. The Balaban J connectivity index is 1.73. The third-order valence-corrected chi connectivity index (χ3v) is 5.09. The molecule has 1 aromatic heterocycles. The predicted molar refractivity (Wildman–Crippen MR) is 117 cm³/mol. The highest BCUT2D eigenvalue weighted by molar-refractivity contribution is 6.31. The number of aromatic amines is 1.